The molecule has 0 saturated carbocycles. The lowest BCUT2D eigenvalue weighted by molar-refractivity contribution is -0.779. The molecule has 94 valence electrons. The van der Waals surface area contributed by atoms with Crippen molar-refractivity contribution in [3.63, 3.8) is 0 Å². The summed E-state index contributed by atoms with van der Waals surface area (Å²) in [4.78, 5) is 14.1. The Morgan fingerprint density at radius 1 is 1.65 bits per heavy atom. The fourth-order valence-electron chi connectivity index (χ4n) is 2.02. The SMILES string of the molecule is CC1C(O)C(CO)OC1[n+]1ccc(N)[nH]c1=O. The highest BCUT2D eigenvalue weighted by molar-refractivity contribution is 5.21. The quantitative estimate of drug-likeness (QED) is 0.454. The Kier molecular flexibility index (Phi) is 3.14. The Labute approximate surface area is 97.5 Å². The Morgan fingerprint density at radius 2 is 2.35 bits per heavy atom. The van der Waals surface area contributed by atoms with Crippen LogP contribution in [0.25, 0.3) is 0 Å². The number of ether oxygens (including phenoxy) is 1. The van der Waals surface area contributed by atoms with Gasteiger partial charge in [-0.3, -0.25) is 0 Å². The molecule has 7 heteroatoms. The Bertz CT molecular complexity index is 461. The molecule has 4 atom stereocenters. The van der Waals surface area contributed by atoms with Crippen LogP contribution in [0.2, 0.25) is 0 Å². The van der Waals surface area contributed by atoms with Crippen molar-refractivity contribution in [2.75, 3.05) is 12.3 Å². The molecule has 1 fully saturated rings. The molecule has 17 heavy (non-hydrogen) atoms. The predicted molar refractivity (Wildman–Crippen MR) is 57.8 cm³/mol. The predicted octanol–water partition coefficient (Wildman–Crippen LogP) is -1.87. The van der Waals surface area contributed by atoms with E-state index in [4.69, 9.17) is 15.6 Å². The summed E-state index contributed by atoms with van der Waals surface area (Å²) in [6, 6.07) is 1.54. The highest BCUT2D eigenvalue weighted by Crippen LogP contribution is 2.29. The highest BCUT2D eigenvalue weighted by Gasteiger charge is 2.44. The first kappa shape index (κ1) is 12.0. The molecular weight excluding hydrogens is 226 g/mol. The van der Waals surface area contributed by atoms with Crippen molar-refractivity contribution in [3.05, 3.63) is 22.7 Å². The number of nitrogens with zero attached hydrogens (tertiary/aromatic N) is 1. The molecule has 1 saturated heterocycles. The molecule has 0 bridgehead atoms. The van der Waals surface area contributed by atoms with Crippen LogP contribution >= 0.6 is 0 Å². The van der Waals surface area contributed by atoms with E-state index in [9.17, 15) is 9.90 Å². The molecule has 1 aliphatic rings. The minimum Gasteiger partial charge on any atom is -0.394 e. The molecule has 5 N–H and O–H groups in total. The topological polar surface area (TPSA) is 112 Å². The smallest absolute Gasteiger partial charge is 0.394 e. The summed E-state index contributed by atoms with van der Waals surface area (Å²) in [7, 11) is 0. The number of rotatable bonds is 2. The summed E-state index contributed by atoms with van der Waals surface area (Å²) < 4.78 is 6.76. The van der Waals surface area contributed by atoms with Crippen molar-refractivity contribution in [1.29, 1.82) is 0 Å². The third-order valence-electron chi connectivity index (χ3n) is 3.04. The monoisotopic (exact) mass is 242 g/mol. The maximum absolute atomic E-state index is 11.7. The van der Waals surface area contributed by atoms with Crippen molar-refractivity contribution in [1.82, 2.24) is 4.98 Å². The molecular formula is C10H16N3O4+. The molecule has 2 rings (SSSR count). The largest absolute Gasteiger partial charge is 0.499 e. The molecule has 4 unspecified atom stereocenters. The van der Waals surface area contributed by atoms with Crippen molar-refractivity contribution in [3.8, 4) is 0 Å². The normalized spacial score (nSPS) is 32.9. The Balaban J connectivity index is 2.32. The van der Waals surface area contributed by atoms with Crippen LogP contribution in [0.15, 0.2) is 17.1 Å². The molecule has 1 aromatic heterocycles. The minimum absolute atomic E-state index is 0.260. The van der Waals surface area contributed by atoms with Crippen LogP contribution in [0.5, 0.6) is 0 Å². The molecule has 0 aliphatic carbocycles. The summed E-state index contributed by atoms with van der Waals surface area (Å²) in [6.07, 6.45) is -0.567. The second kappa shape index (κ2) is 4.44. The van der Waals surface area contributed by atoms with Gasteiger partial charge in [0.2, 0.25) is 6.23 Å². The zero-order chi connectivity index (χ0) is 12.6. The average molecular weight is 242 g/mol. The number of nitrogen functional groups attached to an aromatic ring is 1. The van der Waals surface area contributed by atoms with Crippen molar-refractivity contribution in [2.24, 2.45) is 5.92 Å². The lowest BCUT2D eigenvalue weighted by Crippen LogP contribution is -2.56. The number of aromatic nitrogens is 2. The minimum atomic E-state index is -0.797. The van der Waals surface area contributed by atoms with Gasteiger partial charge >= 0.3 is 5.69 Å². The van der Waals surface area contributed by atoms with Gasteiger partial charge in [-0.2, -0.15) is 14.3 Å². The number of nitrogens with two attached hydrogens (primary N) is 1. The van der Waals surface area contributed by atoms with E-state index in [0.29, 0.717) is 0 Å². The third-order valence-corrected chi connectivity index (χ3v) is 3.04. The highest BCUT2D eigenvalue weighted by atomic mass is 16.5. The summed E-state index contributed by atoms with van der Waals surface area (Å²) in [5, 5.41) is 18.8. The first-order chi connectivity index (χ1) is 8.04. The summed E-state index contributed by atoms with van der Waals surface area (Å²) >= 11 is 0. The zero-order valence-corrected chi connectivity index (χ0v) is 9.41. The van der Waals surface area contributed by atoms with E-state index in [1.54, 1.807) is 6.92 Å². The van der Waals surface area contributed by atoms with Crippen LogP contribution in [-0.4, -0.2) is 34.0 Å². The zero-order valence-electron chi connectivity index (χ0n) is 9.41. The van der Waals surface area contributed by atoms with Gasteiger partial charge in [0.05, 0.1) is 18.6 Å². The maximum Gasteiger partial charge on any atom is 0.499 e. The number of H-pyrrole nitrogens is 1. The van der Waals surface area contributed by atoms with Gasteiger partial charge in [-0.1, -0.05) is 6.92 Å². The van der Waals surface area contributed by atoms with Gasteiger partial charge in [-0.25, -0.2) is 0 Å². The lowest BCUT2D eigenvalue weighted by atomic mass is 10.0. The molecule has 0 spiro atoms. The Hall–Kier alpha value is -1.44. The van der Waals surface area contributed by atoms with Crippen LogP contribution in [0.1, 0.15) is 13.2 Å². The van der Waals surface area contributed by atoms with Gasteiger partial charge < -0.3 is 20.7 Å². The maximum atomic E-state index is 11.7. The van der Waals surface area contributed by atoms with E-state index in [0.717, 1.165) is 0 Å². The molecule has 0 amide bonds. The van der Waals surface area contributed by atoms with Crippen molar-refractivity contribution >= 4 is 5.82 Å². The number of hydrogen-bond donors (Lipinski definition) is 4. The fourth-order valence-corrected chi connectivity index (χ4v) is 2.02. The van der Waals surface area contributed by atoms with Crippen LogP contribution in [0.4, 0.5) is 5.82 Å². The van der Waals surface area contributed by atoms with Gasteiger partial charge in [-0.05, 0) is 0 Å². The van der Waals surface area contributed by atoms with E-state index in [1.807, 2.05) is 0 Å². The summed E-state index contributed by atoms with van der Waals surface area (Å²) in [6.45, 7) is 1.48. The number of aromatic amines is 1. The van der Waals surface area contributed by atoms with Crippen LogP contribution in [-0.2, 0) is 4.74 Å². The van der Waals surface area contributed by atoms with Crippen LogP contribution < -0.4 is 16.0 Å². The third kappa shape index (κ3) is 2.04. The number of nitrogens with one attached hydrogen (secondary N) is 1. The average Bonchev–Trinajstić information content (AvgIpc) is 2.57. The fraction of sp³-hybridized carbons (Fsp3) is 0.600. The van der Waals surface area contributed by atoms with Crippen molar-refractivity contribution < 1.29 is 19.5 Å². The number of aliphatic hydroxyl groups is 2. The van der Waals surface area contributed by atoms with Gasteiger partial charge in [0.25, 0.3) is 0 Å². The van der Waals surface area contributed by atoms with E-state index in [-0.39, 0.29) is 18.3 Å². The van der Waals surface area contributed by atoms with E-state index in [1.165, 1.54) is 16.8 Å². The molecule has 1 aliphatic heterocycles. The molecule has 1 aromatic rings. The number of anilines is 1. The molecule has 0 aromatic carbocycles. The standard InChI is InChI=1S/C10H15N3O4/c1-5-8(15)6(4-14)17-9(5)13-3-2-7(11)12-10(13)16/h2-3,5-6,8-9,14-15H,4H2,1H3,(H2,11,12,16)/p+1. The van der Waals surface area contributed by atoms with E-state index in [2.05, 4.69) is 4.98 Å². The second-order valence-electron chi connectivity index (χ2n) is 4.21. The summed E-state index contributed by atoms with van der Waals surface area (Å²) in [5.74, 6) is -0.0296. The van der Waals surface area contributed by atoms with Gasteiger partial charge in [-0.15, -0.1) is 0 Å². The number of aliphatic hydroxyl groups excluding tert-OH is 2. The second-order valence-corrected chi connectivity index (χ2v) is 4.21. The Morgan fingerprint density at radius 3 is 2.88 bits per heavy atom. The van der Waals surface area contributed by atoms with E-state index < -0.39 is 24.1 Å². The first-order valence-electron chi connectivity index (χ1n) is 5.39. The van der Waals surface area contributed by atoms with E-state index >= 15 is 0 Å². The first-order valence-corrected chi connectivity index (χ1v) is 5.39. The lowest BCUT2D eigenvalue weighted by Gasteiger charge is -2.12. The summed E-state index contributed by atoms with van der Waals surface area (Å²) in [5.41, 5.74) is 5.03. The number of hydrogen-bond acceptors (Lipinski definition) is 5. The van der Waals surface area contributed by atoms with Crippen molar-refractivity contribution in [2.45, 2.75) is 25.4 Å². The van der Waals surface area contributed by atoms with Crippen LogP contribution in [0.3, 0.4) is 0 Å². The van der Waals surface area contributed by atoms with Crippen LogP contribution in [0, 0.1) is 5.92 Å². The molecule has 7 nitrogen and oxygen atoms in total. The molecule has 2 heterocycles. The van der Waals surface area contributed by atoms with Gasteiger partial charge in [0.15, 0.2) is 5.82 Å². The van der Waals surface area contributed by atoms with Gasteiger partial charge in [0, 0.05) is 6.07 Å². The van der Waals surface area contributed by atoms with Gasteiger partial charge in [0.1, 0.15) is 12.3 Å². The molecule has 0 radical (unpaired) electrons.